The van der Waals surface area contributed by atoms with Crippen LogP contribution in [0, 0.1) is 5.92 Å². The Kier molecular flexibility index (Phi) is 9.75. The molecule has 3 unspecified atom stereocenters. The quantitative estimate of drug-likeness (QED) is 0.260. The van der Waals surface area contributed by atoms with Gasteiger partial charge < -0.3 is 28.9 Å². The maximum absolute atomic E-state index is 14.3. The van der Waals surface area contributed by atoms with Crippen molar-refractivity contribution in [1.82, 2.24) is 9.80 Å². The molecule has 0 spiro atoms. The number of aliphatic carboxylic acids is 1. The number of hydrogen-bond acceptors (Lipinski definition) is 6. The van der Waals surface area contributed by atoms with Crippen molar-refractivity contribution in [3.63, 3.8) is 0 Å². The summed E-state index contributed by atoms with van der Waals surface area (Å²) in [5, 5.41) is 10.7. The second-order valence-electron chi connectivity index (χ2n) is 14.3. The first-order valence-corrected chi connectivity index (χ1v) is 17.0. The van der Waals surface area contributed by atoms with Crippen LogP contribution in [0.2, 0.25) is 0 Å². The summed E-state index contributed by atoms with van der Waals surface area (Å²) in [6.07, 6.45) is 2.22. The van der Waals surface area contributed by atoms with Gasteiger partial charge in [0.05, 0.1) is 33.6 Å². The molecule has 3 aliphatic heterocycles. The van der Waals surface area contributed by atoms with Crippen molar-refractivity contribution in [2.45, 2.75) is 51.2 Å². The molecule has 3 aromatic carbocycles. The number of nitrogens with zero attached hydrogens (tertiary/aromatic N) is 4. The van der Waals surface area contributed by atoms with Crippen LogP contribution in [0.25, 0.3) is 0 Å². The number of hydrogen-bond donors (Lipinski definition) is 1. The van der Waals surface area contributed by atoms with E-state index in [1.807, 2.05) is 64.4 Å². The molecule has 0 bridgehead atoms. The van der Waals surface area contributed by atoms with Gasteiger partial charge in [-0.25, -0.2) is 0 Å². The standard InChI is InChI=1S/C38H46N4O6/c1-5-6-17-41(29-12-9-10-26(19-29)24-42(2,3)4)35(43)23-40-22-31(27-14-15-33-34(20-27)48-25-47-33)36(38(45)46)32(40)16-18-39-21-28-11-7-8-13-30(28)37(39)44/h7-15,19-20,31-32,36H,5-6,16-18,21-25H2,1-4H3/p+1. The molecule has 1 fully saturated rings. The van der Waals surface area contributed by atoms with Crippen LogP contribution in [-0.2, 0) is 22.7 Å². The fraction of sp³-hybridized carbons (Fsp3) is 0.447. The summed E-state index contributed by atoms with van der Waals surface area (Å²) in [4.78, 5) is 46.3. The number of likely N-dealkylation sites (tertiary alicyclic amines) is 1. The third-order valence-electron chi connectivity index (χ3n) is 9.70. The fourth-order valence-corrected chi connectivity index (χ4v) is 7.46. The first kappa shape index (κ1) is 33.5. The highest BCUT2D eigenvalue weighted by Gasteiger charge is 2.48. The predicted molar refractivity (Wildman–Crippen MR) is 183 cm³/mol. The van der Waals surface area contributed by atoms with E-state index in [2.05, 4.69) is 40.2 Å². The van der Waals surface area contributed by atoms with Gasteiger partial charge in [0, 0.05) is 55.0 Å². The Hall–Kier alpha value is -4.41. The average molecular weight is 656 g/mol. The first-order chi connectivity index (χ1) is 23.0. The number of anilines is 1. The predicted octanol–water partition coefficient (Wildman–Crippen LogP) is 4.97. The van der Waals surface area contributed by atoms with Gasteiger partial charge in [-0.05, 0) is 54.3 Å². The second kappa shape index (κ2) is 14.0. The van der Waals surface area contributed by atoms with Crippen molar-refractivity contribution in [3.8, 4) is 11.5 Å². The summed E-state index contributed by atoms with van der Waals surface area (Å²) < 4.78 is 11.9. The van der Waals surface area contributed by atoms with Gasteiger partial charge in [0.2, 0.25) is 12.7 Å². The average Bonchev–Trinajstić information content (AvgIpc) is 3.75. The maximum atomic E-state index is 14.3. The Morgan fingerprint density at radius 3 is 2.54 bits per heavy atom. The third kappa shape index (κ3) is 7.19. The summed E-state index contributed by atoms with van der Waals surface area (Å²) in [6, 6.07) is 20.9. The number of carboxylic acid groups (broad SMARTS) is 1. The topological polar surface area (TPSA) is 99.6 Å². The zero-order valence-corrected chi connectivity index (χ0v) is 28.4. The highest BCUT2D eigenvalue weighted by Crippen LogP contribution is 2.43. The minimum absolute atomic E-state index is 0.0371. The number of quaternary nitrogens is 1. The van der Waals surface area contributed by atoms with Gasteiger partial charge in [-0.1, -0.05) is 49.7 Å². The largest absolute Gasteiger partial charge is 0.481 e. The molecule has 3 atom stereocenters. The molecule has 3 aliphatic rings. The van der Waals surface area contributed by atoms with E-state index in [-0.39, 0.29) is 31.1 Å². The van der Waals surface area contributed by atoms with E-state index >= 15 is 0 Å². The van der Waals surface area contributed by atoms with Crippen LogP contribution in [0.15, 0.2) is 66.7 Å². The van der Waals surface area contributed by atoms with Crippen molar-refractivity contribution in [1.29, 1.82) is 0 Å². The molecule has 0 aromatic heterocycles. The van der Waals surface area contributed by atoms with Gasteiger partial charge in [0.1, 0.15) is 6.54 Å². The molecule has 1 saturated heterocycles. The van der Waals surface area contributed by atoms with Crippen LogP contribution < -0.4 is 14.4 Å². The molecule has 10 nitrogen and oxygen atoms in total. The van der Waals surface area contributed by atoms with Crippen molar-refractivity contribution >= 4 is 23.5 Å². The summed E-state index contributed by atoms with van der Waals surface area (Å²) in [7, 11) is 6.43. The number of fused-ring (bicyclic) bond motifs is 2. The smallest absolute Gasteiger partial charge is 0.308 e. The molecular formula is C38H47N4O6+. The van der Waals surface area contributed by atoms with Crippen LogP contribution in [-0.4, -0.2) is 97.3 Å². The molecule has 3 aromatic rings. The van der Waals surface area contributed by atoms with Crippen molar-refractivity contribution < 1.29 is 33.4 Å². The Morgan fingerprint density at radius 2 is 1.79 bits per heavy atom. The Morgan fingerprint density at radius 1 is 1.00 bits per heavy atom. The Labute approximate surface area is 283 Å². The SMILES string of the molecule is CCCCN(C(=O)CN1CC(c2ccc3c(c2)OCO3)C(C(=O)O)C1CCN1Cc2ccccc2C1=O)c1cccc(C[N+](C)(C)C)c1. The molecule has 48 heavy (non-hydrogen) atoms. The zero-order chi connectivity index (χ0) is 34.0. The van der Waals surface area contributed by atoms with E-state index in [1.54, 1.807) is 4.90 Å². The van der Waals surface area contributed by atoms with Crippen molar-refractivity contribution in [3.05, 3.63) is 89.0 Å². The number of amides is 2. The van der Waals surface area contributed by atoms with Crippen LogP contribution in [0.1, 0.15) is 59.2 Å². The Balaban J connectivity index is 1.28. The monoisotopic (exact) mass is 655 g/mol. The molecule has 1 N–H and O–H groups in total. The van der Waals surface area contributed by atoms with Crippen LogP contribution in [0.3, 0.4) is 0 Å². The first-order valence-electron chi connectivity index (χ1n) is 17.0. The molecule has 6 rings (SSSR count). The molecule has 10 heteroatoms. The van der Waals surface area contributed by atoms with Gasteiger partial charge in [-0.15, -0.1) is 0 Å². The second-order valence-corrected chi connectivity index (χ2v) is 14.3. The lowest BCUT2D eigenvalue weighted by molar-refractivity contribution is -0.884. The van der Waals surface area contributed by atoms with E-state index in [0.717, 1.165) is 46.2 Å². The van der Waals surface area contributed by atoms with E-state index in [1.165, 1.54) is 0 Å². The van der Waals surface area contributed by atoms with Gasteiger partial charge >= 0.3 is 5.97 Å². The summed E-state index contributed by atoms with van der Waals surface area (Å²) in [6.45, 7) is 5.01. The number of carbonyl (C=O) groups excluding carboxylic acids is 2. The molecule has 0 radical (unpaired) electrons. The van der Waals surface area contributed by atoms with Crippen LogP contribution in [0.4, 0.5) is 5.69 Å². The van der Waals surface area contributed by atoms with Crippen molar-refractivity contribution in [2.24, 2.45) is 5.92 Å². The number of ether oxygens (including phenoxy) is 2. The van der Waals surface area contributed by atoms with Crippen LogP contribution >= 0.6 is 0 Å². The highest BCUT2D eigenvalue weighted by molar-refractivity contribution is 5.98. The number of benzene rings is 3. The fourth-order valence-electron chi connectivity index (χ4n) is 7.46. The molecule has 0 saturated carbocycles. The normalized spacial score (nSPS) is 20.3. The number of rotatable bonds is 13. The van der Waals surface area contributed by atoms with E-state index in [0.29, 0.717) is 49.7 Å². The van der Waals surface area contributed by atoms with Crippen molar-refractivity contribution in [2.75, 3.05) is 59.0 Å². The molecular weight excluding hydrogens is 608 g/mol. The lowest BCUT2D eigenvalue weighted by Crippen LogP contribution is -2.45. The summed E-state index contributed by atoms with van der Waals surface area (Å²) in [5.74, 6) is -0.931. The number of carbonyl (C=O) groups is 3. The molecule has 3 heterocycles. The summed E-state index contributed by atoms with van der Waals surface area (Å²) >= 11 is 0. The lowest BCUT2D eigenvalue weighted by atomic mass is 9.84. The Bertz CT molecular complexity index is 1670. The highest BCUT2D eigenvalue weighted by atomic mass is 16.7. The van der Waals surface area contributed by atoms with Gasteiger partial charge in [0.15, 0.2) is 11.5 Å². The minimum atomic E-state index is -0.913. The molecule has 254 valence electrons. The molecule has 0 aliphatic carbocycles. The lowest BCUT2D eigenvalue weighted by Gasteiger charge is -2.31. The number of carboxylic acids is 1. The number of unbranched alkanes of at least 4 members (excludes halogenated alkanes) is 1. The third-order valence-corrected chi connectivity index (χ3v) is 9.70. The minimum Gasteiger partial charge on any atom is -0.481 e. The summed E-state index contributed by atoms with van der Waals surface area (Å²) in [5.41, 5.74) is 4.53. The van der Waals surface area contributed by atoms with E-state index < -0.39 is 17.9 Å². The van der Waals surface area contributed by atoms with E-state index in [4.69, 9.17) is 9.47 Å². The zero-order valence-electron chi connectivity index (χ0n) is 28.4. The maximum Gasteiger partial charge on any atom is 0.308 e. The van der Waals surface area contributed by atoms with E-state index in [9.17, 15) is 19.5 Å². The van der Waals surface area contributed by atoms with Gasteiger partial charge in [-0.3, -0.25) is 19.3 Å². The van der Waals surface area contributed by atoms with Gasteiger partial charge in [-0.2, -0.15) is 0 Å². The van der Waals surface area contributed by atoms with Crippen LogP contribution in [0.5, 0.6) is 11.5 Å². The van der Waals surface area contributed by atoms with Gasteiger partial charge in [0.25, 0.3) is 5.91 Å². The molecule has 2 amide bonds.